The van der Waals surface area contributed by atoms with Gasteiger partial charge in [0.2, 0.25) is 0 Å². The number of para-hydroxylation sites is 2. The van der Waals surface area contributed by atoms with E-state index in [1.165, 1.54) is 33.0 Å². The number of fused-ring (bicyclic) bond motifs is 6. The highest BCUT2D eigenvalue weighted by molar-refractivity contribution is 6.17. The number of anilines is 3. The van der Waals surface area contributed by atoms with Crippen LogP contribution in [0.5, 0.6) is 0 Å². The Balaban J connectivity index is 1.17. The molecule has 0 N–H and O–H groups in total. The summed E-state index contributed by atoms with van der Waals surface area (Å²) in [6.07, 6.45) is 0. The Bertz CT molecular complexity index is 3120. The van der Waals surface area contributed by atoms with Crippen LogP contribution in [0, 0.1) is 0 Å². The molecule has 0 amide bonds. The SMILES string of the molecule is c1ccc(-c2ccc(N(c3ccc(-c4ccccc4)cc3)c3ccc4c5ccccc5n(-c5c(-c6ccccc6)ccc6oc7ccccc7c56)c4c3)cc2)cc1. The van der Waals surface area contributed by atoms with Gasteiger partial charge in [-0.05, 0) is 88.5 Å². The fourth-order valence-corrected chi connectivity index (χ4v) is 8.53. The molecule has 3 heteroatoms. The minimum Gasteiger partial charge on any atom is -0.456 e. The second-order valence-corrected chi connectivity index (χ2v) is 14.5. The molecule has 3 nitrogen and oxygen atoms in total. The van der Waals surface area contributed by atoms with Crippen LogP contribution in [-0.2, 0) is 0 Å². The van der Waals surface area contributed by atoms with Crippen LogP contribution in [0.4, 0.5) is 17.1 Å². The van der Waals surface area contributed by atoms with Gasteiger partial charge in [-0.15, -0.1) is 0 Å². The average molecular weight is 729 g/mol. The first-order valence-electron chi connectivity index (χ1n) is 19.4. The molecule has 0 saturated heterocycles. The van der Waals surface area contributed by atoms with Gasteiger partial charge in [-0.25, -0.2) is 0 Å². The average Bonchev–Trinajstić information content (AvgIpc) is 3.83. The summed E-state index contributed by atoms with van der Waals surface area (Å²) in [5.41, 5.74) is 15.4. The summed E-state index contributed by atoms with van der Waals surface area (Å²) >= 11 is 0. The van der Waals surface area contributed by atoms with Crippen LogP contribution >= 0.6 is 0 Å². The van der Waals surface area contributed by atoms with E-state index < -0.39 is 0 Å². The molecule has 0 unspecified atom stereocenters. The first kappa shape index (κ1) is 32.8. The van der Waals surface area contributed by atoms with Crippen molar-refractivity contribution in [1.82, 2.24) is 4.57 Å². The normalized spacial score (nSPS) is 11.5. The Kier molecular flexibility index (Phi) is 7.82. The van der Waals surface area contributed by atoms with Crippen LogP contribution in [0.15, 0.2) is 223 Å². The van der Waals surface area contributed by atoms with Crippen LogP contribution in [0.25, 0.3) is 82.8 Å². The maximum absolute atomic E-state index is 6.55. The van der Waals surface area contributed by atoms with E-state index in [0.29, 0.717) is 0 Å². The quantitative estimate of drug-likeness (QED) is 0.163. The van der Waals surface area contributed by atoms with Crippen molar-refractivity contribution in [2.75, 3.05) is 4.90 Å². The molecule has 2 aromatic heterocycles. The van der Waals surface area contributed by atoms with Crippen molar-refractivity contribution in [2.45, 2.75) is 0 Å². The van der Waals surface area contributed by atoms with Crippen molar-refractivity contribution in [3.63, 3.8) is 0 Å². The molecular formula is C54H36N2O. The van der Waals surface area contributed by atoms with E-state index in [2.05, 4.69) is 222 Å². The predicted octanol–water partition coefficient (Wildman–Crippen LogP) is 15.2. The molecule has 0 saturated carbocycles. The van der Waals surface area contributed by atoms with Crippen LogP contribution in [0.2, 0.25) is 0 Å². The molecule has 9 aromatic carbocycles. The van der Waals surface area contributed by atoms with Crippen molar-refractivity contribution in [3.05, 3.63) is 218 Å². The fourth-order valence-electron chi connectivity index (χ4n) is 8.53. The predicted molar refractivity (Wildman–Crippen MR) is 239 cm³/mol. The summed E-state index contributed by atoms with van der Waals surface area (Å²) in [4.78, 5) is 2.37. The Morgan fingerprint density at radius 2 is 0.825 bits per heavy atom. The number of hydrogen-bond donors (Lipinski definition) is 0. The number of hydrogen-bond acceptors (Lipinski definition) is 2. The highest BCUT2D eigenvalue weighted by Crippen LogP contribution is 2.45. The van der Waals surface area contributed by atoms with Crippen molar-refractivity contribution in [2.24, 2.45) is 0 Å². The number of nitrogens with zero attached hydrogens (tertiary/aromatic N) is 2. The minimum atomic E-state index is 0.867. The van der Waals surface area contributed by atoms with Gasteiger partial charge >= 0.3 is 0 Å². The lowest BCUT2D eigenvalue weighted by Gasteiger charge is -2.26. The molecule has 0 aliphatic rings. The van der Waals surface area contributed by atoms with E-state index in [1.54, 1.807) is 0 Å². The topological polar surface area (TPSA) is 21.3 Å². The first-order valence-corrected chi connectivity index (χ1v) is 19.4. The Morgan fingerprint density at radius 1 is 0.333 bits per heavy atom. The lowest BCUT2D eigenvalue weighted by Crippen LogP contribution is -2.10. The highest BCUT2D eigenvalue weighted by Gasteiger charge is 2.23. The molecule has 0 aliphatic heterocycles. The third-order valence-electron chi connectivity index (χ3n) is 11.2. The van der Waals surface area contributed by atoms with Crippen molar-refractivity contribution in [3.8, 4) is 39.1 Å². The van der Waals surface area contributed by atoms with Gasteiger partial charge in [0.25, 0.3) is 0 Å². The molecule has 57 heavy (non-hydrogen) atoms. The Labute approximate surface area is 330 Å². The molecule has 268 valence electrons. The molecule has 11 rings (SSSR count). The maximum Gasteiger partial charge on any atom is 0.137 e. The molecule has 0 radical (unpaired) electrons. The van der Waals surface area contributed by atoms with E-state index in [-0.39, 0.29) is 0 Å². The third-order valence-corrected chi connectivity index (χ3v) is 11.2. The van der Waals surface area contributed by atoms with Gasteiger partial charge in [0, 0.05) is 38.8 Å². The summed E-state index contributed by atoms with van der Waals surface area (Å²) in [5, 5.41) is 4.59. The zero-order valence-electron chi connectivity index (χ0n) is 31.1. The monoisotopic (exact) mass is 728 g/mol. The molecule has 0 bridgehead atoms. The van der Waals surface area contributed by atoms with Crippen LogP contribution in [0.3, 0.4) is 0 Å². The zero-order chi connectivity index (χ0) is 37.7. The van der Waals surface area contributed by atoms with E-state index in [9.17, 15) is 0 Å². The zero-order valence-corrected chi connectivity index (χ0v) is 31.1. The lowest BCUT2D eigenvalue weighted by atomic mass is 9.99. The minimum absolute atomic E-state index is 0.867. The number of furan rings is 1. The summed E-state index contributed by atoms with van der Waals surface area (Å²) in [5.74, 6) is 0. The van der Waals surface area contributed by atoms with Gasteiger partial charge in [-0.2, -0.15) is 0 Å². The molecule has 2 heterocycles. The Morgan fingerprint density at radius 3 is 1.46 bits per heavy atom. The van der Waals surface area contributed by atoms with Crippen molar-refractivity contribution < 1.29 is 4.42 Å². The smallest absolute Gasteiger partial charge is 0.137 e. The molecule has 0 aliphatic carbocycles. The summed E-state index contributed by atoms with van der Waals surface area (Å²) in [6.45, 7) is 0. The van der Waals surface area contributed by atoms with Gasteiger partial charge in [0.15, 0.2) is 0 Å². The second kappa shape index (κ2) is 13.6. The number of benzene rings is 9. The van der Waals surface area contributed by atoms with E-state index in [0.717, 1.165) is 66.8 Å². The standard InChI is InChI=1S/C54H36N2O/c1-4-14-37(15-5-1)39-24-28-42(29-25-39)55(43-30-26-40(27-31-43)38-16-6-2-7-17-38)44-32-33-47-46-20-10-12-22-49(46)56(50(47)36-44)54-45(41-18-8-3-9-19-41)34-35-52-53(54)48-21-11-13-23-51(48)57-52/h1-36H. The molecule has 0 atom stereocenters. The molecule has 0 fully saturated rings. The first-order chi connectivity index (χ1) is 28.3. The second-order valence-electron chi connectivity index (χ2n) is 14.5. The molecule has 0 spiro atoms. The molecular weight excluding hydrogens is 693 g/mol. The van der Waals surface area contributed by atoms with Crippen molar-refractivity contribution in [1.29, 1.82) is 0 Å². The van der Waals surface area contributed by atoms with Crippen molar-refractivity contribution >= 4 is 60.8 Å². The van der Waals surface area contributed by atoms with Gasteiger partial charge in [-0.3, -0.25) is 0 Å². The van der Waals surface area contributed by atoms with E-state index in [4.69, 9.17) is 4.42 Å². The van der Waals surface area contributed by atoms with Crippen LogP contribution in [-0.4, -0.2) is 4.57 Å². The van der Waals surface area contributed by atoms with Crippen LogP contribution in [0.1, 0.15) is 0 Å². The Hall–Kier alpha value is -7.62. The van der Waals surface area contributed by atoms with Crippen LogP contribution < -0.4 is 4.90 Å². The number of aromatic nitrogens is 1. The largest absolute Gasteiger partial charge is 0.456 e. The summed E-state index contributed by atoms with van der Waals surface area (Å²) in [6, 6.07) is 78.1. The summed E-state index contributed by atoms with van der Waals surface area (Å²) < 4.78 is 9.01. The highest BCUT2D eigenvalue weighted by atomic mass is 16.3. The molecule has 11 aromatic rings. The third kappa shape index (κ3) is 5.60. The van der Waals surface area contributed by atoms with Gasteiger partial charge in [0.05, 0.1) is 22.1 Å². The summed E-state index contributed by atoms with van der Waals surface area (Å²) in [7, 11) is 0. The maximum atomic E-state index is 6.55. The van der Waals surface area contributed by atoms with E-state index in [1.807, 2.05) is 6.07 Å². The van der Waals surface area contributed by atoms with Gasteiger partial charge < -0.3 is 13.9 Å². The van der Waals surface area contributed by atoms with Gasteiger partial charge in [0.1, 0.15) is 11.2 Å². The van der Waals surface area contributed by atoms with Gasteiger partial charge in [-0.1, -0.05) is 158 Å². The van der Waals surface area contributed by atoms with E-state index >= 15 is 0 Å². The fraction of sp³-hybridized carbons (Fsp3) is 0. The lowest BCUT2D eigenvalue weighted by molar-refractivity contribution is 0.669. The number of rotatable bonds is 7.